The number of methoxy groups -OCH3 is 1. The fourth-order valence-electron chi connectivity index (χ4n) is 2.49. The first kappa shape index (κ1) is 16.5. The highest BCUT2D eigenvalue weighted by Crippen LogP contribution is 2.28. The second-order valence-corrected chi connectivity index (χ2v) is 6.64. The lowest BCUT2D eigenvalue weighted by Gasteiger charge is -2.03. The van der Waals surface area contributed by atoms with Crippen LogP contribution in [0.5, 0.6) is 5.75 Å². The van der Waals surface area contributed by atoms with Gasteiger partial charge in [0, 0.05) is 5.56 Å². The summed E-state index contributed by atoms with van der Waals surface area (Å²) in [6.45, 7) is 2.19. The van der Waals surface area contributed by atoms with Crippen molar-refractivity contribution in [1.82, 2.24) is 4.98 Å². The number of carbonyl (C=O) groups is 1. The van der Waals surface area contributed by atoms with E-state index in [9.17, 15) is 4.79 Å². The van der Waals surface area contributed by atoms with Gasteiger partial charge in [-0.25, -0.2) is 4.98 Å². The molecule has 0 atom stereocenters. The van der Waals surface area contributed by atoms with E-state index >= 15 is 0 Å². The van der Waals surface area contributed by atoms with Gasteiger partial charge in [-0.15, -0.1) is 0 Å². The Morgan fingerprint density at radius 1 is 1.25 bits per heavy atom. The molecule has 2 aromatic carbocycles. The minimum atomic E-state index is -0.181. The number of nitrogens with zero attached hydrogens (tertiary/aromatic N) is 1. The molecule has 0 spiro atoms. The number of anilines is 1. The van der Waals surface area contributed by atoms with Crippen LogP contribution in [0.25, 0.3) is 10.2 Å². The van der Waals surface area contributed by atoms with E-state index in [0.717, 1.165) is 16.6 Å². The van der Waals surface area contributed by atoms with E-state index in [-0.39, 0.29) is 5.91 Å². The standard InChI is InChI=1S/C19H20N2O2S/c1-3-4-6-13-9-10-16-17(11-13)24-19(20-16)21-18(22)14-7-5-8-15(12-14)23-2/h5,7-12H,3-4,6H2,1-2H3,(H,20,21,22). The van der Waals surface area contributed by atoms with Crippen molar-refractivity contribution >= 4 is 32.6 Å². The Kier molecular flexibility index (Phi) is 5.11. The van der Waals surface area contributed by atoms with Gasteiger partial charge in [-0.2, -0.15) is 0 Å². The maximum atomic E-state index is 12.4. The summed E-state index contributed by atoms with van der Waals surface area (Å²) in [7, 11) is 1.58. The van der Waals surface area contributed by atoms with Crippen molar-refractivity contribution in [2.24, 2.45) is 0 Å². The second-order valence-electron chi connectivity index (χ2n) is 5.61. The van der Waals surface area contributed by atoms with Crippen molar-refractivity contribution in [2.75, 3.05) is 12.4 Å². The summed E-state index contributed by atoms with van der Waals surface area (Å²) in [4.78, 5) is 16.9. The van der Waals surface area contributed by atoms with E-state index in [1.165, 1.54) is 29.7 Å². The van der Waals surface area contributed by atoms with E-state index in [1.807, 2.05) is 12.1 Å². The lowest BCUT2D eigenvalue weighted by Crippen LogP contribution is -2.11. The van der Waals surface area contributed by atoms with E-state index in [4.69, 9.17) is 4.74 Å². The zero-order chi connectivity index (χ0) is 16.9. The van der Waals surface area contributed by atoms with E-state index in [0.29, 0.717) is 16.4 Å². The third-order valence-corrected chi connectivity index (χ3v) is 4.76. The number of hydrogen-bond donors (Lipinski definition) is 1. The number of aromatic nitrogens is 1. The van der Waals surface area contributed by atoms with Crippen LogP contribution in [0.3, 0.4) is 0 Å². The summed E-state index contributed by atoms with van der Waals surface area (Å²) >= 11 is 1.50. The predicted octanol–water partition coefficient (Wildman–Crippen LogP) is 4.90. The summed E-state index contributed by atoms with van der Waals surface area (Å²) in [5, 5.41) is 3.49. The Hall–Kier alpha value is -2.40. The third kappa shape index (κ3) is 3.74. The molecule has 3 rings (SSSR count). The van der Waals surface area contributed by atoms with Crippen LogP contribution in [0.2, 0.25) is 0 Å². The topological polar surface area (TPSA) is 51.2 Å². The number of unbranched alkanes of at least 4 members (excludes halogenated alkanes) is 1. The maximum Gasteiger partial charge on any atom is 0.257 e. The van der Waals surface area contributed by atoms with Crippen molar-refractivity contribution in [2.45, 2.75) is 26.2 Å². The fourth-order valence-corrected chi connectivity index (χ4v) is 3.42. The molecular weight excluding hydrogens is 320 g/mol. The van der Waals surface area contributed by atoms with Crippen LogP contribution in [0, 0.1) is 0 Å². The lowest BCUT2D eigenvalue weighted by atomic mass is 10.1. The van der Waals surface area contributed by atoms with E-state index < -0.39 is 0 Å². The van der Waals surface area contributed by atoms with Crippen molar-refractivity contribution in [3.05, 3.63) is 53.6 Å². The van der Waals surface area contributed by atoms with Crippen molar-refractivity contribution < 1.29 is 9.53 Å². The second kappa shape index (κ2) is 7.45. The molecule has 0 saturated carbocycles. The monoisotopic (exact) mass is 340 g/mol. The van der Waals surface area contributed by atoms with Crippen LogP contribution in [-0.2, 0) is 6.42 Å². The highest BCUT2D eigenvalue weighted by molar-refractivity contribution is 7.22. The van der Waals surface area contributed by atoms with Crippen LogP contribution in [0.1, 0.15) is 35.7 Å². The minimum absolute atomic E-state index is 0.181. The number of fused-ring (bicyclic) bond motifs is 1. The lowest BCUT2D eigenvalue weighted by molar-refractivity contribution is 0.102. The largest absolute Gasteiger partial charge is 0.497 e. The fraction of sp³-hybridized carbons (Fsp3) is 0.263. The van der Waals surface area contributed by atoms with Crippen LogP contribution in [0.4, 0.5) is 5.13 Å². The average Bonchev–Trinajstić information content (AvgIpc) is 3.01. The molecule has 0 unspecified atom stereocenters. The molecule has 0 fully saturated rings. The normalized spacial score (nSPS) is 10.8. The Morgan fingerprint density at radius 3 is 2.92 bits per heavy atom. The molecule has 5 heteroatoms. The van der Waals surface area contributed by atoms with Gasteiger partial charge in [-0.3, -0.25) is 10.1 Å². The van der Waals surface area contributed by atoms with Crippen molar-refractivity contribution in [1.29, 1.82) is 0 Å². The van der Waals surface area contributed by atoms with Gasteiger partial charge in [-0.1, -0.05) is 36.8 Å². The van der Waals surface area contributed by atoms with Gasteiger partial charge in [0.05, 0.1) is 17.3 Å². The summed E-state index contributed by atoms with van der Waals surface area (Å²) in [6, 6.07) is 13.4. The molecule has 3 aromatic rings. The molecule has 4 nitrogen and oxygen atoms in total. The van der Waals surface area contributed by atoms with Gasteiger partial charge in [0.25, 0.3) is 5.91 Å². The molecular formula is C19H20N2O2S. The first-order chi connectivity index (χ1) is 11.7. The molecule has 124 valence electrons. The number of ether oxygens (including phenoxy) is 1. The summed E-state index contributed by atoms with van der Waals surface area (Å²) < 4.78 is 6.26. The Balaban J connectivity index is 1.78. The first-order valence-corrected chi connectivity index (χ1v) is 8.86. The molecule has 1 aromatic heterocycles. The number of carbonyl (C=O) groups excluding carboxylic acids is 1. The maximum absolute atomic E-state index is 12.4. The van der Waals surface area contributed by atoms with Crippen LogP contribution in [0.15, 0.2) is 42.5 Å². The zero-order valence-corrected chi connectivity index (χ0v) is 14.7. The predicted molar refractivity (Wildman–Crippen MR) is 99.2 cm³/mol. The average molecular weight is 340 g/mol. The number of aryl methyl sites for hydroxylation is 1. The summed E-state index contributed by atoms with van der Waals surface area (Å²) in [5.74, 6) is 0.478. The van der Waals surface area contributed by atoms with Gasteiger partial charge in [0.15, 0.2) is 5.13 Å². The summed E-state index contributed by atoms with van der Waals surface area (Å²) in [5.41, 5.74) is 2.79. The molecule has 1 heterocycles. The van der Waals surface area contributed by atoms with E-state index in [1.54, 1.807) is 25.3 Å². The minimum Gasteiger partial charge on any atom is -0.497 e. The quantitative estimate of drug-likeness (QED) is 0.694. The molecule has 1 N–H and O–H groups in total. The molecule has 0 bridgehead atoms. The number of rotatable bonds is 6. The van der Waals surface area contributed by atoms with Crippen LogP contribution < -0.4 is 10.1 Å². The van der Waals surface area contributed by atoms with Gasteiger partial charge in [0.1, 0.15) is 5.75 Å². The molecule has 0 saturated heterocycles. The Bertz CT molecular complexity index is 857. The number of thiazole rings is 1. The highest BCUT2D eigenvalue weighted by Gasteiger charge is 2.11. The molecule has 0 aliphatic heterocycles. The Morgan fingerprint density at radius 2 is 2.12 bits per heavy atom. The zero-order valence-electron chi connectivity index (χ0n) is 13.8. The van der Waals surface area contributed by atoms with Crippen molar-refractivity contribution in [3.63, 3.8) is 0 Å². The highest BCUT2D eigenvalue weighted by atomic mass is 32.1. The van der Waals surface area contributed by atoms with Gasteiger partial charge < -0.3 is 4.74 Å². The van der Waals surface area contributed by atoms with Crippen LogP contribution >= 0.6 is 11.3 Å². The van der Waals surface area contributed by atoms with Gasteiger partial charge in [0.2, 0.25) is 0 Å². The third-order valence-electron chi connectivity index (χ3n) is 3.82. The van der Waals surface area contributed by atoms with Gasteiger partial charge in [-0.05, 0) is 48.7 Å². The summed E-state index contributed by atoms with van der Waals surface area (Å²) in [6.07, 6.45) is 3.45. The SMILES string of the molecule is CCCCc1ccc2nc(NC(=O)c3cccc(OC)c3)sc2c1. The number of hydrogen-bond acceptors (Lipinski definition) is 4. The van der Waals surface area contributed by atoms with E-state index in [2.05, 4.69) is 29.4 Å². The first-order valence-electron chi connectivity index (χ1n) is 8.04. The molecule has 24 heavy (non-hydrogen) atoms. The molecule has 0 radical (unpaired) electrons. The number of benzene rings is 2. The Labute approximate surface area is 145 Å². The van der Waals surface area contributed by atoms with Gasteiger partial charge >= 0.3 is 0 Å². The number of nitrogens with one attached hydrogen (secondary N) is 1. The number of amides is 1. The molecule has 0 aliphatic carbocycles. The van der Waals surface area contributed by atoms with Crippen molar-refractivity contribution in [3.8, 4) is 5.75 Å². The molecule has 1 amide bonds. The molecule has 0 aliphatic rings. The van der Waals surface area contributed by atoms with Crippen LogP contribution in [-0.4, -0.2) is 18.0 Å². The smallest absolute Gasteiger partial charge is 0.257 e.